The Hall–Kier alpha value is -0.100. The van der Waals surface area contributed by atoms with Gasteiger partial charge in [0.1, 0.15) is 5.58 Å². The van der Waals surface area contributed by atoms with Gasteiger partial charge in [-0.05, 0) is 13.8 Å². The van der Waals surface area contributed by atoms with E-state index in [-0.39, 0.29) is 0 Å². The van der Waals surface area contributed by atoms with Gasteiger partial charge in [0.25, 0.3) is 0 Å². The highest BCUT2D eigenvalue weighted by atomic mass is 31.0. The number of aliphatic imine (C=N–C) groups is 1. The number of hydrogen-bond donors (Lipinski definition) is 0. The Labute approximate surface area is 59.5 Å². The van der Waals surface area contributed by atoms with Crippen LogP contribution in [0.4, 0.5) is 0 Å². The van der Waals surface area contributed by atoms with Crippen LogP contribution in [0.3, 0.4) is 0 Å². The summed E-state index contributed by atoms with van der Waals surface area (Å²) in [4.78, 5) is 6.22. The zero-order valence-electron chi connectivity index (χ0n) is 6.39. The van der Waals surface area contributed by atoms with E-state index in [0.717, 1.165) is 18.7 Å². The Bertz CT molecular complexity index is 97.2. The third-order valence-corrected chi connectivity index (χ3v) is 1.94. The molecule has 1 unspecified atom stereocenters. The molecule has 9 heavy (non-hydrogen) atoms. The van der Waals surface area contributed by atoms with Crippen LogP contribution in [0.5, 0.6) is 0 Å². The first-order valence-corrected chi connectivity index (χ1v) is 3.81. The standard InChI is InChI=1S/C6H15N2P/c1-4-8(5-2)6(9)7-3/h4-5,9H2,1-3H3. The largest absolute Gasteiger partial charge is 0.358 e. The van der Waals surface area contributed by atoms with E-state index in [4.69, 9.17) is 0 Å². The molecule has 0 N–H and O–H groups in total. The molecule has 0 amide bonds. The minimum atomic E-state index is 1.03. The lowest BCUT2D eigenvalue weighted by molar-refractivity contribution is 0.474. The summed E-state index contributed by atoms with van der Waals surface area (Å²) in [6.45, 7) is 6.32. The van der Waals surface area contributed by atoms with E-state index >= 15 is 0 Å². The normalized spacial score (nSPS) is 11.8. The second kappa shape index (κ2) is 4.75. The molecule has 0 aromatic carbocycles. The Morgan fingerprint density at radius 1 is 1.44 bits per heavy atom. The Morgan fingerprint density at radius 2 is 1.89 bits per heavy atom. The molecule has 0 bridgehead atoms. The first kappa shape index (κ1) is 8.90. The number of rotatable bonds is 2. The Kier molecular flexibility index (Phi) is 4.70. The molecule has 0 aromatic heterocycles. The fraction of sp³-hybridized carbons (Fsp3) is 0.833. The highest BCUT2D eigenvalue weighted by molar-refractivity contribution is 7.40. The van der Waals surface area contributed by atoms with Crippen molar-refractivity contribution in [1.29, 1.82) is 0 Å². The summed E-state index contributed by atoms with van der Waals surface area (Å²) in [6, 6.07) is 0. The summed E-state index contributed by atoms with van der Waals surface area (Å²) in [6.07, 6.45) is 0. The van der Waals surface area contributed by atoms with Crippen molar-refractivity contribution in [2.24, 2.45) is 4.99 Å². The van der Waals surface area contributed by atoms with Crippen molar-refractivity contribution in [3.05, 3.63) is 0 Å². The molecule has 0 saturated heterocycles. The summed E-state index contributed by atoms with van der Waals surface area (Å²) in [5.41, 5.74) is 1.04. The molecule has 3 heteroatoms. The molecule has 0 radical (unpaired) electrons. The van der Waals surface area contributed by atoms with Gasteiger partial charge in [0.15, 0.2) is 0 Å². The van der Waals surface area contributed by atoms with Crippen LogP contribution in [0.25, 0.3) is 0 Å². The first-order chi connectivity index (χ1) is 4.26. The van der Waals surface area contributed by atoms with Gasteiger partial charge in [-0.3, -0.25) is 4.99 Å². The predicted molar refractivity (Wildman–Crippen MR) is 46.0 cm³/mol. The van der Waals surface area contributed by atoms with Crippen LogP contribution in [0, 0.1) is 0 Å². The zero-order chi connectivity index (χ0) is 7.28. The van der Waals surface area contributed by atoms with Gasteiger partial charge in [-0.15, -0.1) is 0 Å². The van der Waals surface area contributed by atoms with Crippen LogP contribution >= 0.6 is 9.24 Å². The van der Waals surface area contributed by atoms with Crippen LogP contribution in [0.2, 0.25) is 0 Å². The van der Waals surface area contributed by atoms with Gasteiger partial charge in [0.2, 0.25) is 0 Å². The fourth-order valence-electron chi connectivity index (χ4n) is 0.689. The maximum Gasteiger partial charge on any atom is 0.115 e. The van der Waals surface area contributed by atoms with E-state index in [1.807, 2.05) is 0 Å². The van der Waals surface area contributed by atoms with Crippen LogP contribution in [-0.2, 0) is 0 Å². The molecule has 1 atom stereocenters. The second-order valence-corrected chi connectivity index (χ2v) is 2.27. The average molecular weight is 146 g/mol. The van der Waals surface area contributed by atoms with Crippen LogP contribution < -0.4 is 0 Å². The molecule has 0 saturated carbocycles. The van der Waals surface area contributed by atoms with Gasteiger partial charge < -0.3 is 4.90 Å². The quantitative estimate of drug-likeness (QED) is 0.324. The van der Waals surface area contributed by atoms with E-state index in [2.05, 4.69) is 33.0 Å². The zero-order valence-corrected chi connectivity index (χ0v) is 7.54. The maximum absolute atomic E-state index is 4.04. The molecular weight excluding hydrogens is 131 g/mol. The lowest BCUT2D eigenvalue weighted by Crippen LogP contribution is -2.25. The topological polar surface area (TPSA) is 15.6 Å². The lowest BCUT2D eigenvalue weighted by Gasteiger charge is -2.18. The Balaban J connectivity index is 3.79. The number of hydrogen-bond acceptors (Lipinski definition) is 1. The summed E-state index contributed by atoms with van der Waals surface area (Å²) in [5.74, 6) is 0. The molecule has 2 nitrogen and oxygen atoms in total. The van der Waals surface area contributed by atoms with Crippen LogP contribution in [-0.4, -0.2) is 30.6 Å². The van der Waals surface area contributed by atoms with E-state index in [9.17, 15) is 0 Å². The van der Waals surface area contributed by atoms with E-state index in [0.29, 0.717) is 0 Å². The second-order valence-electron chi connectivity index (χ2n) is 1.75. The minimum Gasteiger partial charge on any atom is -0.358 e. The third kappa shape index (κ3) is 2.81. The molecule has 0 aromatic rings. The van der Waals surface area contributed by atoms with Crippen molar-refractivity contribution < 1.29 is 0 Å². The molecule has 0 aliphatic heterocycles. The Morgan fingerprint density at radius 3 is 2.00 bits per heavy atom. The molecule has 0 aliphatic rings. The summed E-state index contributed by atoms with van der Waals surface area (Å²) in [7, 11) is 4.42. The van der Waals surface area contributed by atoms with Crippen molar-refractivity contribution in [2.75, 3.05) is 20.1 Å². The van der Waals surface area contributed by atoms with Crippen LogP contribution in [0.15, 0.2) is 4.99 Å². The molecule has 0 rings (SSSR count). The summed E-state index contributed by atoms with van der Waals surface area (Å²) >= 11 is 0. The number of nitrogens with zero attached hydrogens (tertiary/aromatic N) is 2. The first-order valence-electron chi connectivity index (χ1n) is 3.23. The van der Waals surface area contributed by atoms with Crippen molar-refractivity contribution in [3.8, 4) is 0 Å². The van der Waals surface area contributed by atoms with Gasteiger partial charge in [-0.1, -0.05) is 9.24 Å². The van der Waals surface area contributed by atoms with Crippen molar-refractivity contribution in [3.63, 3.8) is 0 Å². The van der Waals surface area contributed by atoms with Gasteiger partial charge in [-0.25, -0.2) is 0 Å². The number of amidine groups is 1. The summed E-state index contributed by atoms with van der Waals surface area (Å²) in [5, 5.41) is 0. The van der Waals surface area contributed by atoms with Gasteiger partial charge >= 0.3 is 0 Å². The van der Waals surface area contributed by atoms with E-state index in [1.165, 1.54) is 0 Å². The minimum absolute atomic E-state index is 1.03. The van der Waals surface area contributed by atoms with Gasteiger partial charge in [0.05, 0.1) is 0 Å². The smallest absolute Gasteiger partial charge is 0.115 e. The predicted octanol–water partition coefficient (Wildman–Crippen LogP) is 1.19. The summed E-state index contributed by atoms with van der Waals surface area (Å²) < 4.78 is 0. The van der Waals surface area contributed by atoms with Crippen molar-refractivity contribution in [1.82, 2.24) is 4.90 Å². The molecular formula is C6H15N2P. The third-order valence-electron chi connectivity index (χ3n) is 1.32. The molecule has 54 valence electrons. The van der Waals surface area contributed by atoms with Crippen molar-refractivity contribution >= 4 is 14.8 Å². The van der Waals surface area contributed by atoms with E-state index in [1.54, 1.807) is 7.05 Å². The SMILES string of the molecule is CCN(CC)C(P)=NC. The molecule has 0 spiro atoms. The van der Waals surface area contributed by atoms with Gasteiger partial charge in [-0.2, -0.15) is 0 Å². The lowest BCUT2D eigenvalue weighted by atomic mass is 10.6. The van der Waals surface area contributed by atoms with Gasteiger partial charge in [0, 0.05) is 20.1 Å². The van der Waals surface area contributed by atoms with Crippen LogP contribution in [0.1, 0.15) is 13.8 Å². The highest BCUT2D eigenvalue weighted by Crippen LogP contribution is 1.97. The molecule has 0 aliphatic carbocycles. The maximum atomic E-state index is 4.04. The fourth-order valence-corrected chi connectivity index (χ4v) is 1.05. The van der Waals surface area contributed by atoms with E-state index < -0.39 is 0 Å². The average Bonchev–Trinajstić information content (AvgIpc) is 1.90. The molecule has 0 fully saturated rings. The van der Waals surface area contributed by atoms with Crippen molar-refractivity contribution in [2.45, 2.75) is 13.8 Å². The highest BCUT2D eigenvalue weighted by Gasteiger charge is 1.97. The molecule has 0 heterocycles. The monoisotopic (exact) mass is 146 g/mol.